The van der Waals surface area contributed by atoms with E-state index in [1.54, 1.807) is 4.57 Å². The number of unbranched alkanes of at least 4 members (excludes halogenated alkanes) is 2. The Hall–Kier alpha value is -1.39. The number of carbonyl (C=O) groups excluding carboxylic acids is 1. The van der Waals surface area contributed by atoms with Crippen molar-refractivity contribution in [2.75, 3.05) is 0 Å². The van der Waals surface area contributed by atoms with Crippen LogP contribution in [0.4, 0.5) is 0 Å². The van der Waals surface area contributed by atoms with Crippen LogP contribution in [0.15, 0.2) is 6.33 Å². The minimum absolute atomic E-state index is 0.246. The highest BCUT2D eigenvalue weighted by Crippen LogP contribution is 2.00. The molecule has 0 aliphatic rings. The summed E-state index contributed by atoms with van der Waals surface area (Å²) in [4.78, 5) is 10.8. The first-order valence-corrected chi connectivity index (χ1v) is 4.43. The molecule has 0 fully saturated rings. The van der Waals surface area contributed by atoms with Crippen molar-refractivity contribution >= 4 is 5.91 Å². The fraction of sp³-hybridized carbons (Fsp3) is 0.625. The number of rotatable bonds is 5. The molecular weight excluding hydrogens is 168 g/mol. The summed E-state index contributed by atoms with van der Waals surface area (Å²) in [7, 11) is 0. The van der Waals surface area contributed by atoms with Crippen LogP contribution in [-0.4, -0.2) is 20.7 Å². The fourth-order valence-corrected chi connectivity index (χ4v) is 1.14. The van der Waals surface area contributed by atoms with Gasteiger partial charge >= 0.3 is 0 Å². The van der Waals surface area contributed by atoms with Crippen molar-refractivity contribution in [2.45, 2.75) is 32.7 Å². The SMILES string of the molecule is CCCCCn1cnnc1C(N)=O. The molecular formula is C8H14N4O. The Balaban J connectivity index is 2.55. The molecule has 1 heterocycles. The lowest BCUT2D eigenvalue weighted by Gasteiger charge is -2.02. The highest BCUT2D eigenvalue weighted by atomic mass is 16.1. The summed E-state index contributed by atoms with van der Waals surface area (Å²) >= 11 is 0. The third-order valence-corrected chi connectivity index (χ3v) is 1.84. The second-order valence-corrected chi connectivity index (χ2v) is 2.92. The molecule has 1 aromatic rings. The predicted octanol–water partition coefficient (Wildman–Crippen LogP) is 0.567. The van der Waals surface area contributed by atoms with Gasteiger partial charge in [-0.1, -0.05) is 19.8 Å². The molecule has 0 unspecified atom stereocenters. The first kappa shape index (κ1) is 9.70. The lowest BCUT2D eigenvalue weighted by molar-refractivity contribution is 0.0985. The largest absolute Gasteiger partial charge is 0.363 e. The number of aromatic nitrogens is 3. The Kier molecular flexibility index (Phi) is 3.42. The normalized spacial score (nSPS) is 10.2. The Morgan fingerprint density at radius 1 is 1.62 bits per heavy atom. The summed E-state index contributed by atoms with van der Waals surface area (Å²) in [5.74, 6) is -0.273. The van der Waals surface area contributed by atoms with Gasteiger partial charge in [0.1, 0.15) is 6.33 Å². The number of primary amides is 1. The lowest BCUT2D eigenvalue weighted by Crippen LogP contribution is -2.18. The van der Waals surface area contributed by atoms with E-state index in [0.29, 0.717) is 0 Å². The summed E-state index contributed by atoms with van der Waals surface area (Å²) in [5.41, 5.74) is 5.10. The van der Waals surface area contributed by atoms with Crippen molar-refractivity contribution in [1.82, 2.24) is 14.8 Å². The number of nitrogens with zero attached hydrogens (tertiary/aromatic N) is 3. The van der Waals surface area contributed by atoms with E-state index in [2.05, 4.69) is 17.1 Å². The maximum Gasteiger partial charge on any atom is 0.286 e. The molecule has 1 rings (SSSR count). The Morgan fingerprint density at radius 3 is 3.00 bits per heavy atom. The van der Waals surface area contributed by atoms with Crippen molar-refractivity contribution in [1.29, 1.82) is 0 Å². The summed E-state index contributed by atoms with van der Waals surface area (Å²) in [5, 5.41) is 7.27. The Bertz CT molecular complexity index is 281. The average Bonchev–Trinajstić information content (AvgIpc) is 2.53. The van der Waals surface area contributed by atoms with E-state index in [-0.39, 0.29) is 5.82 Å². The Morgan fingerprint density at radius 2 is 2.38 bits per heavy atom. The van der Waals surface area contributed by atoms with Gasteiger partial charge in [-0.3, -0.25) is 4.79 Å². The molecule has 5 nitrogen and oxygen atoms in total. The van der Waals surface area contributed by atoms with Crippen molar-refractivity contribution in [3.63, 3.8) is 0 Å². The van der Waals surface area contributed by atoms with E-state index >= 15 is 0 Å². The lowest BCUT2D eigenvalue weighted by atomic mass is 10.2. The minimum Gasteiger partial charge on any atom is -0.363 e. The van der Waals surface area contributed by atoms with Gasteiger partial charge < -0.3 is 10.3 Å². The van der Waals surface area contributed by atoms with Gasteiger partial charge in [0.2, 0.25) is 5.82 Å². The zero-order chi connectivity index (χ0) is 9.68. The van der Waals surface area contributed by atoms with Gasteiger partial charge in [-0.15, -0.1) is 10.2 Å². The van der Waals surface area contributed by atoms with Crippen molar-refractivity contribution in [2.24, 2.45) is 5.73 Å². The average molecular weight is 182 g/mol. The van der Waals surface area contributed by atoms with Gasteiger partial charge in [0.15, 0.2) is 0 Å². The molecule has 1 amide bonds. The van der Waals surface area contributed by atoms with Crippen molar-refractivity contribution in [3.05, 3.63) is 12.2 Å². The number of hydrogen-bond donors (Lipinski definition) is 1. The summed E-state index contributed by atoms with van der Waals surface area (Å²) in [6.45, 7) is 2.89. The molecule has 0 atom stereocenters. The van der Waals surface area contributed by atoms with Gasteiger partial charge in [0.05, 0.1) is 0 Å². The van der Waals surface area contributed by atoms with E-state index in [1.165, 1.54) is 6.33 Å². The van der Waals surface area contributed by atoms with E-state index < -0.39 is 5.91 Å². The van der Waals surface area contributed by atoms with Gasteiger partial charge in [-0.25, -0.2) is 0 Å². The maximum atomic E-state index is 10.8. The van der Waals surface area contributed by atoms with E-state index in [1.807, 2.05) is 0 Å². The molecule has 5 heteroatoms. The van der Waals surface area contributed by atoms with Gasteiger partial charge in [0.25, 0.3) is 5.91 Å². The highest BCUT2D eigenvalue weighted by Gasteiger charge is 2.08. The molecule has 0 spiro atoms. The van der Waals surface area contributed by atoms with E-state index in [0.717, 1.165) is 25.8 Å². The van der Waals surface area contributed by atoms with Crippen molar-refractivity contribution < 1.29 is 4.79 Å². The molecule has 0 radical (unpaired) electrons. The molecule has 0 bridgehead atoms. The fourth-order valence-electron chi connectivity index (χ4n) is 1.14. The number of nitrogens with two attached hydrogens (primary N) is 1. The molecule has 0 saturated heterocycles. The molecule has 1 aromatic heterocycles. The first-order chi connectivity index (χ1) is 6.25. The topological polar surface area (TPSA) is 73.8 Å². The van der Waals surface area contributed by atoms with Crippen LogP contribution in [0.25, 0.3) is 0 Å². The minimum atomic E-state index is -0.519. The second kappa shape index (κ2) is 4.59. The van der Waals surface area contributed by atoms with Crippen LogP contribution in [0.5, 0.6) is 0 Å². The molecule has 0 aliphatic heterocycles. The first-order valence-electron chi connectivity index (χ1n) is 4.43. The number of carbonyl (C=O) groups is 1. The summed E-state index contributed by atoms with van der Waals surface area (Å²) in [6.07, 6.45) is 4.84. The third-order valence-electron chi connectivity index (χ3n) is 1.84. The molecule has 13 heavy (non-hydrogen) atoms. The monoisotopic (exact) mass is 182 g/mol. The molecule has 72 valence electrons. The zero-order valence-electron chi connectivity index (χ0n) is 7.73. The van der Waals surface area contributed by atoms with Crippen molar-refractivity contribution in [3.8, 4) is 0 Å². The number of aryl methyl sites for hydroxylation is 1. The predicted molar refractivity (Wildman–Crippen MR) is 48.1 cm³/mol. The molecule has 0 aliphatic carbocycles. The van der Waals surface area contributed by atoms with Gasteiger partial charge in [-0.2, -0.15) is 0 Å². The van der Waals surface area contributed by atoms with Crippen LogP contribution in [0, 0.1) is 0 Å². The van der Waals surface area contributed by atoms with Crippen LogP contribution in [0.3, 0.4) is 0 Å². The second-order valence-electron chi connectivity index (χ2n) is 2.92. The highest BCUT2D eigenvalue weighted by molar-refractivity contribution is 5.88. The molecule has 0 aromatic carbocycles. The molecule has 0 saturated carbocycles. The van der Waals surface area contributed by atoms with Gasteiger partial charge in [-0.05, 0) is 6.42 Å². The Labute approximate surface area is 76.9 Å². The zero-order valence-corrected chi connectivity index (χ0v) is 7.73. The van der Waals surface area contributed by atoms with Crippen LogP contribution in [0.2, 0.25) is 0 Å². The number of hydrogen-bond acceptors (Lipinski definition) is 3. The van der Waals surface area contributed by atoms with Gasteiger partial charge in [0, 0.05) is 6.54 Å². The maximum absolute atomic E-state index is 10.8. The van der Waals surface area contributed by atoms with E-state index in [9.17, 15) is 4.79 Å². The molecule has 2 N–H and O–H groups in total. The summed E-state index contributed by atoms with van der Waals surface area (Å²) < 4.78 is 1.69. The number of amides is 1. The quantitative estimate of drug-likeness (QED) is 0.676. The summed E-state index contributed by atoms with van der Waals surface area (Å²) in [6, 6.07) is 0. The smallest absolute Gasteiger partial charge is 0.286 e. The van der Waals surface area contributed by atoms with E-state index in [4.69, 9.17) is 5.73 Å². The third kappa shape index (κ3) is 2.54. The van der Waals surface area contributed by atoms with Crippen LogP contribution in [0.1, 0.15) is 36.8 Å². The van der Waals surface area contributed by atoms with Crippen LogP contribution >= 0.6 is 0 Å². The standard InChI is InChI=1S/C8H14N4O/c1-2-3-4-5-12-6-10-11-8(12)7(9)13/h6H,2-5H2,1H3,(H2,9,13). The van der Waals surface area contributed by atoms with Crippen LogP contribution in [-0.2, 0) is 6.54 Å². The van der Waals surface area contributed by atoms with Crippen LogP contribution < -0.4 is 5.73 Å².